The van der Waals surface area contributed by atoms with E-state index in [9.17, 15) is 13.2 Å². The van der Waals surface area contributed by atoms with E-state index in [2.05, 4.69) is 35.7 Å². The summed E-state index contributed by atoms with van der Waals surface area (Å²) in [5, 5.41) is 20.0. The monoisotopic (exact) mass is 501 g/mol. The Kier molecular flexibility index (Phi) is 6.39. The zero-order chi connectivity index (χ0) is 25.4. The molecule has 1 saturated carbocycles. The van der Waals surface area contributed by atoms with Crippen LogP contribution in [0.2, 0.25) is 0 Å². The summed E-state index contributed by atoms with van der Waals surface area (Å²) in [7, 11) is 0. The van der Waals surface area contributed by atoms with Gasteiger partial charge in [0.05, 0.1) is 29.3 Å². The van der Waals surface area contributed by atoms with Gasteiger partial charge in [0.25, 0.3) is 0 Å². The molecule has 0 radical (unpaired) electrons. The van der Waals surface area contributed by atoms with Gasteiger partial charge in [0, 0.05) is 42.0 Å². The molecule has 4 heterocycles. The van der Waals surface area contributed by atoms with Gasteiger partial charge in [0.15, 0.2) is 0 Å². The molecule has 12 heteroatoms. The van der Waals surface area contributed by atoms with Crippen LogP contribution < -0.4 is 10.6 Å². The lowest BCUT2D eigenvalue weighted by atomic mass is 10.1. The first-order chi connectivity index (χ1) is 17.3. The van der Waals surface area contributed by atoms with Crippen LogP contribution in [0.25, 0.3) is 33.5 Å². The average Bonchev–Trinajstić information content (AvgIpc) is 3.55. The molecule has 2 atom stereocenters. The van der Waals surface area contributed by atoms with Gasteiger partial charge in [0.1, 0.15) is 17.0 Å². The molecule has 0 unspecified atom stereocenters. The largest absolute Gasteiger partial charge is 0.419 e. The van der Waals surface area contributed by atoms with Crippen LogP contribution in [0.15, 0.2) is 29.0 Å². The summed E-state index contributed by atoms with van der Waals surface area (Å²) >= 11 is 0. The molecule has 0 aromatic carbocycles. The molecule has 1 fully saturated rings. The lowest BCUT2D eigenvalue weighted by Gasteiger charge is -2.22. The second kappa shape index (κ2) is 9.51. The second-order valence-electron chi connectivity index (χ2n) is 8.91. The number of anilines is 1. The van der Waals surface area contributed by atoms with Crippen molar-refractivity contribution in [3.63, 3.8) is 0 Å². The molecule has 9 nitrogen and oxygen atoms in total. The van der Waals surface area contributed by atoms with Crippen LogP contribution in [0, 0.1) is 13.8 Å². The van der Waals surface area contributed by atoms with E-state index in [1.165, 1.54) is 6.20 Å². The molecule has 190 valence electrons. The number of aromatic amines is 1. The number of aryl methyl sites for hydroxylation is 2. The fraction of sp³-hybridized carbons (Fsp3) is 0.417. The maximum Gasteiger partial charge on any atom is 0.419 e. The fourth-order valence-electron chi connectivity index (χ4n) is 4.85. The van der Waals surface area contributed by atoms with Crippen LogP contribution in [0.4, 0.5) is 19.1 Å². The first kappa shape index (κ1) is 24.2. The molecular formula is C24H26F3N7O2. The number of nitrogens with one attached hydrogen (secondary N) is 3. The first-order valence-corrected chi connectivity index (χ1v) is 11.7. The summed E-state index contributed by atoms with van der Waals surface area (Å²) in [6.07, 6.45) is 0.338. The Morgan fingerprint density at radius 2 is 1.97 bits per heavy atom. The summed E-state index contributed by atoms with van der Waals surface area (Å²) in [6, 6.07) is 3.47. The van der Waals surface area contributed by atoms with Crippen molar-refractivity contribution in [1.82, 2.24) is 30.4 Å². The average molecular weight is 502 g/mol. The Labute approximate surface area is 204 Å². The number of H-pyrrole nitrogens is 1. The number of fused-ring (bicyclic) bond motifs is 1. The predicted molar refractivity (Wildman–Crippen MR) is 127 cm³/mol. The first-order valence-electron chi connectivity index (χ1n) is 11.7. The molecule has 0 spiro atoms. The predicted octanol–water partition coefficient (Wildman–Crippen LogP) is 4.23. The van der Waals surface area contributed by atoms with Crippen LogP contribution in [0.5, 0.6) is 0 Å². The highest BCUT2D eigenvalue weighted by atomic mass is 19.4. The highest BCUT2D eigenvalue weighted by molar-refractivity contribution is 5.94. The Hall–Kier alpha value is -3.51. The molecule has 5 rings (SSSR count). The number of aliphatic hydroxyl groups is 1. The number of hydrogen-bond acceptors (Lipinski definition) is 8. The van der Waals surface area contributed by atoms with E-state index in [-0.39, 0.29) is 35.9 Å². The number of hydrogen-bond donors (Lipinski definition) is 4. The number of rotatable bonds is 7. The molecule has 1 aliphatic rings. The Bertz CT molecular complexity index is 1360. The maximum absolute atomic E-state index is 13.9. The van der Waals surface area contributed by atoms with Crippen molar-refractivity contribution in [2.45, 2.75) is 51.4 Å². The van der Waals surface area contributed by atoms with Crippen molar-refractivity contribution >= 4 is 17.0 Å². The van der Waals surface area contributed by atoms with Gasteiger partial charge in [0.2, 0.25) is 5.95 Å². The van der Waals surface area contributed by atoms with E-state index in [0.717, 1.165) is 31.0 Å². The van der Waals surface area contributed by atoms with Crippen molar-refractivity contribution in [1.29, 1.82) is 0 Å². The number of halogens is 3. The molecule has 1 aliphatic carbocycles. The van der Waals surface area contributed by atoms with Crippen LogP contribution >= 0.6 is 0 Å². The molecule has 4 aromatic heterocycles. The van der Waals surface area contributed by atoms with Crippen LogP contribution in [0.1, 0.15) is 36.3 Å². The zero-order valence-corrected chi connectivity index (χ0v) is 19.8. The van der Waals surface area contributed by atoms with E-state index in [0.29, 0.717) is 34.7 Å². The molecule has 0 amide bonds. The Morgan fingerprint density at radius 3 is 2.69 bits per heavy atom. The maximum atomic E-state index is 13.9. The lowest BCUT2D eigenvalue weighted by Crippen LogP contribution is -2.41. The molecular weight excluding hydrogens is 475 g/mol. The van der Waals surface area contributed by atoms with E-state index < -0.39 is 11.7 Å². The molecule has 0 aliphatic heterocycles. The number of alkyl halides is 3. The zero-order valence-electron chi connectivity index (χ0n) is 19.8. The second-order valence-corrected chi connectivity index (χ2v) is 8.91. The minimum atomic E-state index is -4.64. The Morgan fingerprint density at radius 1 is 1.17 bits per heavy atom. The highest BCUT2D eigenvalue weighted by Gasteiger charge is 2.36. The summed E-state index contributed by atoms with van der Waals surface area (Å²) in [4.78, 5) is 15.9. The van der Waals surface area contributed by atoms with E-state index in [1.807, 2.05) is 0 Å². The fourth-order valence-corrected chi connectivity index (χ4v) is 4.85. The van der Waals surface area contributed by atoms with Crippen molar-refractivity contribution in [3.8, 4) is 22.5 Å². The lowest BCUT2D eigenvalue weighted by molar-refractivity contribution is -0.137. The highest BCUT2D eigenvalue weighted by Crippen LogP contribution is 2.39. The van der Waals surface area contributed by atoms with Crippen LogP contribution in [-0.2, 0) is 6.18 Å². The normalized spacial score (nSPS) is 18.3. The van der Waals surface area contributed by atoms with Crippen LogP contribution in [-0.4, -0.2) is 55.4 Å². The smallest absolute Gasteiger partial charge is 0.395 e. The molecule has 4 aromatic rings. The molecule has 36 heavy (non-hydrogen) atoms. The summed E-state index contributed by atoms with van der Waals surface area (Å²) in [6.45, 7) is 4.04. The third-order valence-electron chi connectivity index (χ3n) is 6.53. The molecule has 4 N–H and O–H groups in total. The number of aliphatic hydroxyl groups excluding tert-OH is 1. The summed E-state index contributed by atoms with van der Waals surface area (Å²) in [5.74, 6) is 0.728. The van der Waals surface area contributed by atoms with Gasteiger partial charge in [-0.15, -0.1) is 0 Å². The topological polar surface area (TPSA) is 125 Å². The van der Waals surface area contributed by atoms with Gasteiger partial charge >= 0.3 is 6.18 Å². The van der Waals surface area contributed by atoms with Gasteiger partial charge in [-0.05, 0) is 45.2 Å². The molecule has 0 bridgehead atoms. The minimum Gasteiger partial charge on any atom is -0.395 e. The van der Waals surface area contributed by atoms with Crippen molar-refractivity contribution in [2.24, 2.45) is 0 Å². The van der Waals surface area contributed by atoms with Gasteiger partial charge in [-0.25, -0.2) is 15.0 Å². The van der Waals surface area contributed by atoms with Crippen LogP contribution in [0.3, 0.4) is 0 Å². The third kappa shape index (κ3) is 4.53. The number of aromatic nitrogens is 5. The summed E-state index contributed by atoms with van der Waals surface area (Å²) < 4.78 is 47.0. The summed E-state index contributed by atoms with van der Waals surface area (Å²) in [5.41, 5.74) is 1.58. The van der Waals surface area contributed by atoms with Crippen molar-refractivity contribution in [2.75, 3.05) is 18.5 Å². The van der Waals surface area contributed by atoms with E-state index in [1.54, 1.807) is 26.0 Å². The minimum absolute atomic E-state index is 0.0106. The van der Waals surface area contributed by atoms with Crippen molar-refractivity contribution in [3.05, 3.63) is 41.5 Å². The van der Waals surface area contributed by atoms with E-state index in [4.69, 9.17) is 9.63 Å². The quantitative estimate of drug-likeness (QED) is 0.297. The van der Waals surface area contributed by atoms with Gasteiger partial charge in [-0.1, -0.05) is 5.16 Å². The third-order valence-corrected chi connectivity index (χ3v) is 6.53. The van der Waals surface area contributed by atoms with Crippen molar-refractivity contribution < 1.29 is 22.8 Å². The molecule has 0 saturated heterocycles. The van der Waals surface area contributed by atoms with Gasteiger partial charge in [-0.2, -0.15) is 13.2 Å². The number of pyridine rings is 1. The Balaban J connectivity index is 1.53. The van der Waals surface area contributed by atoms with Gasteiger partial charge in [-0.3, -0.25) is 0 Å². The number of nitrogens with zero attached hydrogens (tertiary/aromatic N) is 4. The SMILES string of the molecule is Cc1noc(C)c1-c1ccc2c(-c3nc(N[C@H]4CCC[C@@H]4NCCO)ncc3C(F)(F)F)c[nH]c2n1. The van der Waals surface area contributed by atoms with Gasteiger partial charge < -0.3 is 25.2 Å². The van der Waals surface area contributed by atoms with E-state index >= 15 is 0 Å². The standard InChI is InChI=1S/C24H26F3N7O2/c1-12-20(13(2)36-34-12)19-7-6-14-15(10-29-22(14)31-19)21-16(24(25,26)27)11-30-23(33-21)32-18-5-3-4-17(18)28-8-9-35/h6-7,10-11,17-18,28,35H,3-5,8-9H2,1-2H3,(H,29,31)(H,30,32,33)/t17-,18-/m0/s1.